The second kappa shape index (κ2) is 7.33. The summed E-state index contributed by atoms with van der Waals surface area (Å²) >= 11 is 3.48. The molecule has 2 nitrogen and oxygen atoms in total. The molecule has 0 heterocycles. The Morgan fingerprint density at radius 3 is 2.62 bits per heavy atom. The SMILES string of the molecule is CCOc1ccc(Br)cc1/C=C(/C#N)c1ccc2ccccc2c1. The molecule has 0 amide bonds. The fourth-order valence-electron chi connectivity index (χ4n) is 2.61. The van der Waals surface area contributed by atoms with Gasteiger partial charge in [-0.3, -0.25) is 0 Å². The number of fused-ring (bicyclic) bond motifs is 1. The van der Waals surface area contributed by atoms with Gasteiger partial charge in [-0.25, -0.2) is 0 Å². The molecule has 0 bridgehead atoms. The molecular formula is C21H16BrNO. The average molecular weight is 378 g/mol. The first kappa shape index (κ1) is 16.3. The number of allylic oxidation sites excluding steroid dienone is 1. The highest BCUT2D eigenvalue weighted by atomic mass is 79.9. The van der Waals surface area contributed by atoms with E-state index in [2.05, 4.69) is 34.1 Å². The van der Waals surface area contributed by atoms with Gasteiger partial charge in [0.2, 0.25) is 0 Å². The van der Waals surface area contributed by atoms with Gasteiger partial charge >= 0.3 is 0 Å². The lowest BCUT2D eigenvalue weighted by atomic mass is 10.00. The number of nitriles is 1. The molecule has 0 saturated carbocycles. The zero-order valence-electron chi connectivity index (χ0n) is 13.3. The van der Waals surface area contributed by atoms with Crippen molar-refractivity contribution in [1.82, 2.24) is 0 Å². The monoisotopic (exact) mass is 377 g/mol. The van der Waals surface area contributed by atoms with Crippen LogP contribution >= 0.6 is 15.9 Å². The van der Waals surface area contributed by atoms with E-state index in [1.165, 1.54) is 0 Å². The van der Waals surface area contributed by atoms with Crippen LogP contribution in [0.4, 0.5) is 0 Å². The Morgan fingerprint density at radius 1 is 1.08 bits per heavy atom. The maximum Gasteiger partial charge on any atom is 0.126 e. The van der Waals surface area contributed by atoms with E-state index < -0.39 is 0 Å². The predicted octanol–water partition coefficient (Wildman–Crippen LogP) is 6.07. The first-order valence-electron chi connectivity index (χ1n) is 7.74. The minimum atomic E-state index is 0.584. The topological polar surface area (TPSA) is 33.0 Å². The fourth-order valence-corrected chi connectivity index (χ4v) is 2.99. The van der Waals surface area contributed by atoms with Gasteiger partial charge in [-0.1, -0.05) is 52.3 Å². The van der Waals surface area contributed by atoms with Crippen LogP contribution in [0, 0.1) is 11.3 Å². The summed E-state index contributed by atoms with van der Waals surface area (Å²) in [5.74, 6) is 0.772. The third kappa shape index (κ3) is 3.50. The summed E-state index contributed by atoms with van der Waals surface area (Å²) in [6.07, 6.45) is 1.87. The van der Waals surface area contributed by atoms with Crippen LogP contribution < -0.4 is 4.74 Å². The normalized spacial score (nSPS) is 11.3. The van der Waals surface area contributed by atoms with E-state index in [9.17, 15) is 5.26 Å². The van der Waals surface area contributed by atoms with Gasteiger partial charge in [0.15, 0.2) is 0 Å². The van der Waals surface area contributed by atoms with E-state index in [-0.39, 0.29) is 0 Å². The van der Waals surface area contributed by atoms with Gasteiger partial charge in [-0.05, 0) is 53.6 Å². The molecule has 3 aromatic carbocycles. The van der Waals surface area contributed by atoms with Crippen LogP contribution in [0.2, 0.25) is 0 Å². The Kier molecular flexibility index (Phi) is 4.98. The van der Waals surface area contributed by atoms with Crippen LogP contribution in [0.3, 0.4) is 0 Å². The molecule has 0 unspecified atom stereocenters. The lowest BCUT2D eigenvalue weighted by molar-refractivity contribution is 0.339. The first-order valence-corrected chi connectivity index (χ1v) is 8.54. The van der Waals surface area contributed by atoms with Crippen molar-refractivity contribution < 1.29 is 4.74 Å². The summed E-state index contributed by atoms with van der Waals surface area (Å²) in [4.78, 5) is 0. The number of rotatable bonds is 4. The molecule has 3 aromatic rings. The summed E-state index contributed by atoms with van der Waals surface area (Å²) in [5.41, 5.74) is 2.40. The van der Waals surface area contributed by atoms with E-state index >= 15 is 0 Å². The van der Waals surface area contributed by atoms with Crippen molar-refractivity contribution in [2.75, 3.05) is 6.61 Å². The van der Waals surface area contributed by atoms with Crippen LogP contribution in [0.15, 0.2) is 65.1 Å². The van der Waals surface area contributed by atoms with Crippen LogP contribution in [0.5, 0.6) is 5.75 Å². The third-order valence-corrected chi connectivity index (χ3v) is 4.25. The van der Waals surface area contributed by atoms with Crippen molar-refractivity contribution in [2.45, 2.75) is 6.92 Å². The summed E-state index contributed by atoms with van der Waals surface area (Å²) in [6.45, 7) is 2.53. The van der Waals surface area contributed by atoms with Crippen LogP contribution in [-0.4, -0.2) is 6.61 Å². The van der Waals surface area contributed by atoms with Crippen LogP contribution in [0.1, 0.15) is 18.1 Å². The zero-order chi connectivity index (χ0) is 16.9. The zero-order valence-corrected chi connectivity index (χ0v) is 14.9. The number of halogens is 1. The molecule has 24 heavy (non-hydrogen) atoms. The number of benzene rings is 3. The molecule has 118 valence electrons. The number of ether oxygens (including phenoxy) is 1. The van der Waals surface area contributed by atoms with E-state index in [4.69, 9.17) is 4.74 Å². The summed E-state index contributed by atoms with van der Waals surface area (Å²) in [6, 6.07) is 22.3. The molecule has 3 heteroatoms. The van der Waals surface area contributed by atoms with Crippen molar-refractivity contribution in [3.05, 3.63) is 76.3 Å². The van der Waals surface area contributed by atoms with E-state index in [0.717, 1.165) is 32.1 Å². The molecule has 0 fully saturated rings. The summed E-state index contributed by atoms with van der Waals surface area (Å²) in [7, 11) is 0. The second-order valence-electron chi connectivity index (χ2n) is 5.35. The molecule has 0 aliphatic rings. The van der Waals surface area contributed by atoms with Gasteiger partial charge in [0.25, 0.3) is 0 Å². The molecule has 0 spiro atoms. The van der Waals surface area contributed by atoms with Gasteiger partial charge in [0.1, 0.15) is 5.75 Å². The highest BCUT2D eigenvalue weighted by Crippen LogP contribution is 2.29. The maximum absolute atomic E-state index is 9.63. The molecule has 0 aliphatic carbocycles. The molecule has 0 radical (unpaired) electrons. The molecule has 0 aromatic heterocycles. The fraction of sp³-hybridized carbons (Fsp3) is 0.0952. The lowest BCUT2D eigenvalue weighted by Gasteiger charge is -2.09. The first-order chi connectivity index (χ1) is 11.7. The number of nitrogens with zero attached hydrogens (tertiary/aromatic N) is 1. The summed E-state index contributed by atoms with van der Waals surface area (Å²) < 4.78 is 6.62. The largest absolute Gasteiger partial charge is 0.493 e. The van der Waals surface area contributed by atoms with E-state index in [1.807, 2.05) is 61.5 Å². The van der Waals surface area contributed by atoms with E-state index in [0.29, 0.717) is 12.2 Å². The number of hydrogen-bond donors (Lipinski definition) is 0. The lowest BCUT2D eigenvalue weighted by Crippen LogP contribution is -1.94. The summed E-state index contributed by atoms with van der Waals surface area (Å²) in [5, 5.41) is 11.9. The minimum absolute atomic E-state index is 0.584. The van der Waals surface area contributed by atoms with Gasteiger partial charge in [0, 0.05) is 10.0 Å². The Bertz CT molecular complexity index is 953. The third-order valence-electron chi connectivity index (χ3n) is 3.75. The Morgan fingerprint density at radius 2 is 1.88 bits per heavy atom. The van der Waals surface area contributed by atoms with Gasteiger partial charge in [-0.15, -0.1) is 0 Å². The van der Waals surface area contributed by atoms with Crippen molar-refractivity contribution in [3.63, 3.8) is 0 Å². The molecule has 0 aliphatic heterocycles. The molecule has 0 saturated heterocycles. The minimum Gasteiger partial charge on any atom is -0.493 e. The smallest absolute Gasteiger partial charge is 0.126 e. The highest BCUT2D eigenvalue weighted by molar-refractivity contribution is 9.10. The average Bonchev–Trinajstić information content (AvgIpc) is 2.61. The van der Waals surface area contributed by atoms with E-state index in [1.54, 1.807) is 0 Å². The Labute approximate surface area is 150 Å². The van der Waals surface area contributed by atoms with Gasteiger partial charge < -0.3 is 4.74 Å². The Hall–Kier alpha value is -2.57. The van der Waals surface area contributed by atoms with Gasteiger partial charge in [-0.2, -0.15) is 5.26 Å². The second-order valence-corrected chi connectivity index (χ2v) is 6.26. The molecular weight excluding hydrogens is 362 g/mol. The van der Waals surface area contributed by atoms with Crippen molar-refractivity contribution in [1.29, 1.82) is 5.26 Å². The Balaban J connectivity index is 2.09. The molecule has 0 atom stereocenters. The standard InChI is InChI=1S/C21H16BrNO/c1-2-24-21-10-9-20(22)13-18(21)12-19(14-23)17-8-7-15-5-3-4-6-16(15)11-17/h3-13H,2H2,1H3/b19-12-. The molecule has 3 rings (SSSR count). The molecule has 0 N–H and O–H groups in total. The van der Waals surface area contributed by atoms with Crippen molar-refractivity contribution in [2.24, 2.45) is 0 Å². The number of hydrogen-bond acceptors (Lipinski definition) is 2. The van der Waals surface area contributed by atoms with Crippen LogP contribution in [-0.2, 0) is 0 Å². The predicted molar refractivity (Wildman–Crippen MR) is 103 cm³/mol. The van der Waals surface area contributed by atoms with Crippen molar-refractivity contribution >= 4 is 38.4 Å². The highest BCUT2D eigenvalue weighted by Gasteiger charge is 2.07. The van der Waals surface area contributed by atoms with Crippen molar-refractivity contribution in [3.8, 4) is 11.8 Å². The quantitative estimate of drug-likeness (QED) is 0.408. The van der Waals surface area contributed by atoms with Crippen LogP contribution in [0.25, 0.3) is 22.4 Å². The maximum atomic E-state index is 9.63. The van der Waals surface area contributed by atoms with Gasteiger partial charge in [0.05, 0.1) is 18.2 Å².